The molecule has 0 radical (unpaired) electrons. The number of hydrogen-bond donors (Lipinski definition) is 1. The second-order valence-electron chi connectivity index (χ2n) is 3.88. The van der Waals surface area contributed by atoms with Crippen LogP contribution in [0.3, 0.4) is 0 Å². The van der Waals surface area contributed by atoms with Crippen LogP contribution in [0.15, 0.2) is 18.2 Å². The Bertz CT molecular complexity index is 344. The van der Waals surface area contributed by atoms with E-state index in [-0.39, 0.29) is 11.9 Å². The lowest BCUT2D eigenvalue weighted by molar-refractivity contribution is 0.302. The number of nitrogens with two attached hydrogens (primary N) is 1. The average Bonchev–Trinajstić information content (AvgIpc) is 2.30. The van der Waals surface area contributed by atoms with Gasteiger partial charge in [0.25, 0.3) is 0 Å². The molecule has 2 N–H and O–H groups in total. The maximum atomic E-state index is 13.6. The van der Waals surface area contributed by atoms with Crippen LogP contribution in [0.5, 0.6) is 5.75 Å². The van der Waals surface area contributed by atoms with Crippen molar-refractivity contribution in [2.24, 2.45) is 5.73 Å². The molecule has 17 heavy (non-hydrogen) atoms. The van der Waals surface area contributed by atoms with Crippen LogP contribution in [0, 0.1) is 5.82 Å². The zero-order chi connectivity index (χ0) is 12.7. The molecule has 0 unspecified atom stereocenters. The number of halogens is 1. The predicted octanol–water partition coefficient (Wildman–Crippen LogP) is 3.37. The van der Waals surface area contributed by atoms with Crippen molar-refractivity contribution < 1.29 is 9.13 Å². The van der Waals surface area contributed by atoms with Gasteiger partial charge in [-0.25, -0.2) is 4.39 Å². The van der Waals surface area contributed by atoms with Crippen LogP contribution < -0.4 is 10.5 Å². The Labute approximate surface area is 107 Å². The molecule has 0 amide bonds. The van der Waals surface area contributed by atoms with E-state index < -0.39 is 0 Å². The minimum absolute atomic E-state index is 0.153. The third-order valence-electron chi connectivity index (χ3n) is 2.38. The highest BCUT2D eigenvalue weighted by Crippen LogP contribution is 2.21. The molecule has 0 aromatic heterocycles. The molecular weight excluding hydrogens is 237 g/mol. The lowest BCUT2D eigenvalue weighted by Gasteiger charge is -2.10. The van der Waals surface area contributed by atoms with E-state index in [9.17, 15) is 4.39 Å². The van der Waals surface area contributed by atoms with Crippen molar-refractivity contribution in [1.29, 1.82) is 0 Å². The Kier molecular flexibility index (Phi) is 6.37. The number of benzene rings is 1. The largest absolute Gasteiger partial charge is 0.490 e. The fourth-order valence-electron chi connectivity index (χ4n) is 1.40. The molecule has 1 aromatic carbocycles. The first-order valence-electron chi connectivity index (χ1n) is 5.90. The summed E-state index contributed by atoms with van der Waals surface area (Å²) in [7, 11) is 0. The Balaban J connectivity index is 2.43. The molecule has 4 heteroatoms. The van der Waals surface area contributed by atoms with E-state index in [2.05, 4.69) is 6.92 Å². The first-order valence-corrected chi connectivity index (χ1v) is 7.06. The molecule has 0 aliphatic heterocycles. The molecule has 1 atom stereocenters. The zero-order valence-electron chi connectivity index (χ0n) is 10.4. The molecule has 0 aliphatic rings. The zero-order valence-corrected chi connectivity index (χ0v) is 11.2. The minimum Gasteiger partial charge on any atom is -0.490 e. The van der Waals surface area contributed by atoms with Crippen molar-refractivity contribution in [3.8, 4) is 5.75 Å². The van der Waals surface area contributed by atoms with Crippen molar-refractivity contribution in [2.75, 3.05) is 18.1 Å². The third kappa shape index (κ3) is 4.96. The van der Waals surface area contributed by atoms with Gasteiger partial charge in [-0.05, 0) is 42.5 Å². The fraction of sp³-hybridized carbons (Fsp3) is 0.538. The number of thioether (sulfide) groups is 1. The fourth-order valence-corrected chi connectivity index (χ4v) is 2.02. The normalized spacial score (nSPS) is 12.5. The van der Waals surface area contributed by atoms with E-state index in [0.29, 0.717) is 12.4 Å². The predicted molar refractivity (Wildman–Crippen MR) is 72.1 cm³/mol. The van der Waals surface area contributed by atoms with Crippen LogP contribution in [0.1, 0.15) is 31.9 Å². The standard InChI is InChI=1S/C13H20FNOS/c1-3-17-8-4-7-16-13-6-5-11(10(2)15)9-12(13)14/h5-6,9-10H,3-4,7-8,15H2,1-2H3/t10-/m1/s1. The van der Waals surface area contributed by atoms with Crippen molar-refractivity contribution in [3.05, 3.63) is 29.6 Å². The molecule has 2 nitrogen and oxygen atoms in total. The maximum Gasteiger partial charge on any atom is 0.165 e. The SMILES string of the molecule is CCSCCCOc1ccc([C@@H](C)N)cc1F. The van der Waals surface area contributed by atoms with Gasteiger partial charge in [-0.3, -0.25) is 0 Å². The topological polar surface area (TPSA) is 35.2 Å². The summed E-state index contributed by atoms with van der Waals surface area (Å²) in [6.07, 6.45) is 0.937. The average molecular weight is 257 g/mol. The highest BCUT2D eigenvalue weighted by molar-refractivity contribution is 7.99. The van der Waals surface area contributed by atoms with Gasteiger partial charge in [0.15, 0.2) is 11.6 Å². The lowest BCUT2D eigenvalue weighted by atomic mass is 10.1. The first-order chi connectivity index (χ1) is 8.15. The van der Waals surface area contributed by atoms with E-state index in [4.69, 9.17) is 10.5 Å². The molecule has 0 saturated heterocycles. The molecule has 0 spiro atoms. The van der Waals surface area contributed by atoms with Gasteiger partial charge in [-0.1, -0.05) is 13.0 Å². The van der Waals surface area contributed by atoms with Gasteiger partial charge in [0.1, 0.15) is 0 Å². The Morgan fingerprint density at radius 1 is 1.47 bits per heavy atom. The van der Waals surface area contributed by atoms with Gasteiger partial charge in [0.2, 0.25) is 0 Å². The Morgan fingerprint density at radius 3 is 2.82 bits per heavy atom. The molecule has 1 aromatic rings. The van der Waals surface area contributed by atoms with Crippen LogP contribution in [-0.4, -0.2) is 18.1 Å². The molecule has 1 rings (SSSR count). The van der Waals surface area contributed by atoms with Gasteiger partial charge < -0.3 is 10.5 Å². The Morgan fingerprint density at radius 2 is 2.24 bits per heavy atom. The highest BCUT2D eigenvalue weighted by atomic mass is 32.2. The van der Waals surface area contributed by atoms with Crippen LogP contribution in [0.25, 0.3) is 0 Å². The van der Waals surface area contributed by atoms with E-state index in [1.54, 1.807) is 6.07 Å². The highest BCUT2D eigenvalue weighted by Gasteiger charge is 2.06. The number of rotatable bonds is 7. The summed E-state index contributed by atoms with van der Waals surface area (Å²) in [5.74, 6) is 2.15. The molecular formula is C13H20FNOS. The van der Waals surface area contributed by atoms with Gasteiger partial charge in [-0.15, -0.1) is 0 Å². The number of ether oxygens (including phenoxy) is 1. The summed E-state index contributed by atoms with van der Waals surface area (Å²) in [4.78, 5) is 0. The van der Waals surface area contributed by atoms with Crippen molar-refractivity contribution in [3.63, 3.8) is 0 Å². The Hall–Kier alpha value is -0.740. The maximum absolute atomic E-state index is 13.6. The quantitative estimate of drug-likeness (QED) is 0.761. The monoisotopic (exact) mass is 257 g/mol. The molecule has 0 aliphatic carbocycles. The molecule has 96 valence electrons. The number of hydrogen-bond acceptors (Lipinski definition) is 3. The summed E-state index contributed by atoms with van der Waals surface area (Å²) in [5.41, 5.74) is 6.47. The van der Waals surface area contributed by atoms with E-state index >= 15 is 0 Å². The van der Waals surface area contributed by atoms with Gasteiger partial charge in [0, 0.05) is 6.04 Å². The summed E-state index contributed by atoms with van der Waals surface area (Å²) < 4.78 is 19.0. The van der Waals surface area contributed by atoms with E-state index in [0.717, 1.165) is 23.5 Å². The molecule has 0 bridgehead atoms. The van der Waals surface area contributed by atoms with Crippen LogP contribution in [0.4, 0.5) is 4.39 Å². The van der Waals surface area contributed by atoms with Gasteiger partial charge in [-0.2, -0.15) is 11.8 Å². The van der Waals surface area contributed by atoms with Gasteiger partial charge in [0.05, 0.1) is 6.61 Å². The van der Waals surface area contributed by atoms with Crippen molar-refractivity contribution in [1.82, 2.24) is 0 Å². The second-order valence-corrected chi connectivity index (χ2v) is 5.27. The van der Waals surface area contributed by atoms with Crippen molar-refractivity contribution in [2.45, 2.75) is 26.3 Å². The smallest absolute Gasteiger partial charge is 0.165 e. The van der Waals surface area contributed by atoms with Crippen LogP contribution in [-0.2, 0) is 0 Å². The molecule has 0 saturated carbocycles. The van der Waals surface area contributed by atoms with Crippen LogP contribution in [0.2, 0.25) is 0 Å². The molecule has 0 heterocycles. The van der Waals surface area contributed by atoms with Crippen LogP contribution >= 0.6 is 11.8 Å². The van der Waals surface area contributed by atoms with E-state index in [1.807, 2.05) is 24.8 Å². The van der Waals surface area contributed by atoms with Gasteiger partial charge >= 0.3 is 0 Å². The summed E-state index contributed by atoms with van der Waals surface area (Å²) in [6, 6.07) is 4.76. The first kappa shape index (κ1) is 14.3. The molecule has 0 fully saturated rings. The summed E-state index contributed by atoms with van der Waals surface area (Å²) in [5, 5.41) is 0. The lowest BCUT2D eigenvalue weighted by Crippen LogP contribution is -2.06. The second kappa shape index (κ2) is 7.56. The van der Waals surface area contributed by atoms with E-state index in [1.165, 1.54) is 6.07 Å². The summed E-state index contributed by atoms with van der Waals surface area (Å²) >= 11 is 1.86. The van der Waals surface area contributed by atoms with Crippen molar-refractivity contribution >= 4 is 11.8 Å². The summed E-state index contributed by atoms with van der Waals surface area (Å²) in [6.45, 7) is 4.51. The third-order valence-corrected chi connectivity index (χ3v) is 3.36. The minimum atomic E-state index is -0.331.